The molecule has 0 saturated carbocycles. The summed E-state index contributed by atoms with van der Waals surface area (Å²) in [6.45, 7) is 11.1. The number of rotatable bonds is 3. The lowest BCUT2D eigenvalue weighted by Crippen LogP contribution is -2.51. The summed E-state index contributed by atoms with van der Waals surface area (Å²) >= 11 is 6.32. The fourth-order valence-electron chi connectivity index (χ4n) is 3.19. The Hall–Kier alpha value is -0.520. The molecular formula is C16H31ClN4O. The molecule has 0 bridgehead atoms. The molecule has 0 spiro atoms. The monoisotopic (exact) mass is 330 g/mol. The van der Waals surface area contributed by atoms with Crippen LogP contribution in [-0.4, -0.2) is 78.3 Å². The van der Waals surface area contributed by atoms with Gasteiger partial charge in [0, 0.05) is 32.7 Å². The quantitative estimate of drug-likeness (QED) is 0.344. The van der Waals surface area contributed by atoms with E-state index in [0.29, 0.717) is 6.04 Å². The molecule has 5 nitrogen and oxygen atoms in total. The third kappa shape index (κ3) is 4.49. The highest BCUT2D eigenvalue weighted by Gasteiger charge is 2.26. The van der Waals surface area contributed by atoms with E-state index in [-0.39, 0.29) is 11.7 Å². The van der Waals surface area contributed by atoms with E-state index in [0.717, 1.165) is 38.8 Å². The molecule has 0 aliphatic carbocycles. The maximum atomic E-state index is 6.32. The fraction of sp³-hybridized carbons (Fsp3) is 0.938. The van der Waals surface area contributed by atoms with E-state index < -0.39 is 0 Å². The van der Waals surface area contributed by atoms with Gasteiger partial charge in [-0.15, -0.1) is 0 Å². The molecule has 22 heavy (non-hydrogen) atoms. The summed E-state index contributed by atoms with van der Waals surface area (Å²) in [6, 6.07) is 0.411. The number of ether oxygens (including phenoxy) is 1. The zero-order valence-electron chi connectivity index (χ0n) is 14.5. The van der Waals surface area contributed by atoms with E-state index in [1.807, 2.05) is 14.0 Å². The Bertz CT molecular complexity index is 371. The van der Waals surface area contributed by atoms with Crippen molar-refractivity contribution in [2.75, 3.05) is 39.9 Å². The lowest BCUT2D eigenvalue weighted by molar-refractivity contribution is -0.0172. The van der Waals surface area contributed by atoms with Gasteiger partial charge in [0.2, 0.25) is 0 Å². The minimum absolute atomic E-state index is 0.0602. The Morgan fingerprint density at radius 2 is 1.91 bits per heavy atom. The van der Waals surface area contributed by atoms with Crippen molar-refractivity contribution in [3.63, 3.8) is 0 Å². The third-order valence-electron chi connectivity index (χ3n) is 4.69. The molecule has 0 radical (unpaired) electrons. The van der Waals surface area contributed by atoms with Gasteiger partial charge in [-0.1, -0.05) is 11.6 Å². The lowest BCUT2D eigenvalue weighted by atomic mass is 10.1. The predicted octanol–water partition coefficient (Wildman–Crippen LogP) is 2.41. The van der Waals surface area contributed by atoms with Gasteiger partial charge in [0.05, 0.1) is 13.2 Å². The van der Waals surface area contributed by atoms with Crippen molar-refractivity contribution in [2.24, 2.45) is 4.99 Å². The highest BCUT2D eigenvalue weighted by molar-refractivity contribution is 6.21. The van der Waals surface area contributed by atoms with E-state index in [1.54, 1.807) is 0 Å². The Balaban J connectivity index is 2.14. The molecular weight excluding hydrogens is 300 g/mol. The van der Waals surface area contributed by atoms with Crippen molar-refractivity contribution in [1.29, 1.82) is 0 Å². The smallest absolute Gasteiger partial charge is 0.199 e. The van der Waals surface area contributed by atoms with Crippen LogP contribution in [-0.2, 0) is 4.74 Å². The average molecular weight is 331 g/mol. The Morgan fingerprint density at radius 3 is 2.50 bits per heavy atom. The van der Waals surface area contributed by atoms with Crippen molar-refractivity contribution in [2.45, 2.75) is 57.7 Å². The zero-order chi connectivity index (χ0) is 16.1. The SMILES string of the molecule is C[C@H](Cl)N(C)C(=N[C@@H](C)N1CCOC[C@@H]1C)N1CCCCC1. The first kappa shape index (κ1) is 17.8. The summed E-state index contributed by atoms with van der Waals surface area (Å²) in [7, 11) is 2.04. The van der Waals surface area contributed by atoms with Crippen LogP contribution < -0.4 is 0 Å². The topological polar surface area (TPSA) is 31.3 Å². The van der Waals surface area contributed by atoms with Gasteiger partial charge >= 0.3 is 0 Å². The van der Waals surface area contributed by atoms with Crippen molar-refractivity contribution < 1.29 is 4.74 Å². The number of guanidine groups is 1. The van der Waals surface area contributed by atoms with Crippen LogP contribution in [0.25, 0.3) is 0 Å². The molecule has 2 heterocycles. The molecule has 0 aromatic rings. The predicted molar refractivity (Wildman–Crippen MR) is 92.4 cm³/mol. The normalized spacial score (nSPS) is 27.6. The molecule has 0 N–H and O–H groups in total. The number of halogens is 1. The summed E-state index contributed by atoms with van der Waals surface area (Å²) in [5.41, 5.74) is -0.0602. The number of nitrogens with zero attached hydrogens (tertiary/aromatic N) is 4. The molecule has 2 saturated heterocycles. The van der Waals surface area contributed by atoms with Gasteiger partial charge in [0.1, 0.15) is 11.7 Å². The van der Waals surface area contributed by atoms with Crippen molar-refractivity contribution in [1.82, 2.24) is 14.7 Å². The first-order valence-electron chi connectivity index (χ1n) is 8.54. The third-order valence-corrected chi connectivity index (χ3v) is 4.98. The van der Waals surface area contributed by atoms with Crippen LogP contribution in [0.1, 0.15) is 40.0 Å². The van der Waals surface area contributed by atoms with Gasteiger partial charge in [-0.3, -0.25) is 4.90 Å². The van der Waals surface area contributed by atoms with Gasteiger partial charge in [0.15, 0.2) is 5.96 Å². The second-order valence-corrected chi connectivity index (χ2v) is 7.09. The highest BCUT2D eigenvalue weighted by atomic mass is 35.5. The van der Waals surface area contributed by atoms with Gasteiger partial charge in [-0.25, -0.2) is 4.99 Å². The van der Waals surface area contributed by atoms with E-state index in [9.17, 15) is 0 Å². The van der Waals surface area contributed by atoms with Crippen LogP contribution in [0.3, 0.4) is 0 Å². The van der Waals surface area contributed by atoms with E-state index in [2.05, 4.69) is 28.5 Å². The van der Waals surface area contributed by atoms with Crippen LogP contribution in [0.2, 0.25) is 0 Å². The van der Waals surface area contributed by atoms with Gasteiger partial charge in [-0.05, 0) is 40.0 Å². The summed E-state index contributed by atoms with van der Waals surface area (Å²) in [5.74, 6) is 1.04. The molecule has 2 fully saturated rings. The molecule has 0 amide bonds. The molecule has 0 aromatic carbocycles. The van der Waals surface area contributed by atoms with Crippen molar-refractivity contribution in [3.8, 4) is 0 Å². The maximum absolute atomic E-state index is 6.32. The molecule has 0 unspecified atom stereocenters. The Morgan fingerprint density at radius 1 is 1.23 bits per heavy atom. The van der Waals surface area contributed by atoms with Crippen molar-refractivity contribution in [3.05, 3.63) is 0 Å². The Kier molecular flexibility index (Phi) is 6.78. The summed E-state index contributed by atoms with van der Waals surface area (Å²) < 4.78 is 5.54. The molecule has 2 aliphatic rings. The average Bonchev–Trinajstić information content (AvgIpc) is 2.53. The van der Waals surface area contributed by atoms with Crippen LogP contribution in [0.15, 0.2) is 4.99 Å². The van der Waals surface area contributed by atoms with Gasteiger partial charge in [-0.2, -0.15) is 0 Å². The number of morpholine rings is 1. The lowest BCUT2D eigenvalue weighted by Gasteiger charge is -2.39. The molecule has 0 aromatic heterocycles. The molecule has 128 valence electrons. The molecule has 2 aliphatic heterocycles. The number of likely N-dealkylation sites (tertiary alicyclic amines) is 1. The van der Waals surface area contributed by atoms with Gasteiger partial charge < -0.3 is 14.5 Å². The number of alkyl halides is 1. The van der Waals surface area contributed by atoms with Crippen molar-refractivity contribution >= 4 is 17.6 Å². The summed E-state index contributed by atoms with van der Waals surface area (Å²) in [4.78, 5) is 12.0. The zero-order valence-corrected chi connectivity index (χ0v) is 15.2. The van der Waals surface area contributed by atoms with Crippen LogP contribution in [0.4, 0.5) is 0 Å². The van der Waals surface area contributed by atoms with Crippen LogP contribution in [0, 0.1) is 0 Å². The standard InChI is InChI=1S/C16H31ClN4O/c1-13-12-22-11-10-21(13)15(3)18-16(19(4)14(2)17)20-8-6-5-7-9-20/h13-15H,5-12H2,1-4H3/t13-,14+,15+/m0/s1. The Labute approximate surface area is 140 Å². The van der Waals surface area contributed by atoms with E-state index in [1.165, 1.54) is 19.3 Å². The first-order chi connectivity index (χ1) is 10.5. The number of piperidine rings is 1. The molecule has 3 atom stereocenters. The first-order valence-corrected chi connectivity index (χ1v) is 8.97. The second-order valence-electron chi connectivity index (χ2n) is 6.46. The summed E-state index contributed by atoms with van der Waals surface area (Å²) in [5, 5.41) is 0. The van der Waals surface area contributed by atoms with E-state index >= 15 is 0 Å². The van der Waals surface area contributed by atoms with Crippen LogP contribution >= 0.6 is 11.6 Å². The minimum atomic E-state index is -0.0602. The van der Waals surface area contributed by atoms with Crippen LogP contribution in [0.5, 0.6) is 0 Å². The number of hydrogen-bond donors (Lipinski definition) is 0. The van der Waals surface area contributed by atoms with E-state index in [4.69, 9.17) is 21.3 Å². The number of aliphatic imine (C=N–C) groups is 1. The summed E-state index contributed by atoms with van der Waals surface area (Å²) in [6.07, 6.45) is 3.95. The number of hydrogen-bond acceptors (Lipinski definition) is 3. The maximum Gasteiger partial charge on any atom is 0.199 e. The molecule has 2 rings (SSSR count). The minimum Gasteiger partial charge on any atom is -0.379 e. The highest BCUT2D eigenvalue weighted by Crippen LogP contribution is 2.17. The second kappa shape index (κ2) is 8.37. The van der Waals surface area contributed by atoms with Gasteiger partial charge in [0.25, 0.3) is 0 Å². The largest absolute Gasteiger partial charge is 0.379 e. The molecule has 6 heteroatoms. The fourth-order valence-corrected chi connectivity index (χ4v) is 3.27.